The lowest BCUT2D eigenvalue weighted by molar-refractivity contribution is -0.274. The van der Waals surface area contributed by atoms with E-state index in [9.17, 15) is 23.1 Å². The number of rotatable bonds is 9. The number of aliphatic hydroxyl groups is 1. The molecule has 2 aromatic carbocycles. The number of nitrogens with one attached hydrogen (secondary N) is 2. The number of alkyl halides is 3. The number of aromatic nitrogens is 1. The Morgan fingerprint density at radius 1 is 1.18 bits per heavy atom. The first kappa shape index (κ1) is 26.1. The molecule has 2 aliphatic rings. The molecular formula is C27H28F3N3O5. The zero-order valence-electron chi connectivity index (χ0n) is 20.4. The highest BCUT2D eigenvalue weighted by Crippen LogP contribution is 2.49. The topological polar surface area (TPSA) is 106 Å². The van der Waals surface area contributed by atoms with E-state index in [4.69, 9.17) is 9.26 Å². The molecule has 8 nitrogen and oxygen atoms in total. The first-order chi connectivity index (χ1) is 18.2. The molecule has 202 valence electrons. The van der Waals surface area contributed by atoms with E-state index >= 15 is 0 Å². The molecule has 1 aliphatic carbocycles. The second-order valence-electron chi connectivity index (χ2n) is 9.76. The Morgan fingerprint density at radius 3 is 2.63 bits per heavy atom. The molecule has 1 spiro atoms. The number of carbonyl (C=O) groups excluding carboxylic acids is 1. The summed E-state index contributed by atoms with van der Waals surface area (Å²) in [5, 5.41) is 20.9. The van der Waals surface area contributed by atoms with Crippen LogP contribution < -0.4 is 20.1 Å². The van der Waals surface area contributed by atoms with Crippen molar-refractivity contribution < 1.29 is 37.1 Å². The molecular weight excluding hydrogens is 503 g/mol. The van der Waals surface area contributed by atoms with Crippen LogP contribution in [0.25, 0.3) is 0 Å². The van der Waals surface area contributed by atoms with Crippen molar-refractivity contribution in [3.05, 3.63) is 77.7 Å². The minimum absolute atomic E-state index is 0.0192. The fourth-order valence-electron chi connectivity index (χ4n) is 5.03. The smallest absolute Gasteiger partial charge is 0.487 e. The van der Waals surface area contributed by atoms with Gasteiger partial charge in [-0.1, -0.05) is 35.5 Å². The second kappa shape index (κ2) is 10.7. The van der Waals surface area contributed by atoms with E-state index in [1.54, 1.807) is 0 Å². The van der Waals surface area contributed by atoms with Crippen molar-refractivity contribution in [2.75, 3.05) is 6.54 Å². The molecule has 5 rings (SSSR count). The predicted octanol–water partition coefficient (Wildman–Crippen LogP) is 4.31. The zero-order chi connectivity index (χ0) is 26.8. The molecule has 1 saturated carbocycles. The van der Waals surface area contributed by atoms with Gasteiger partial charge in [-0.3, -0.25) is 4.79 Å². The maximum atomic E-state index is 12.8. The maximum Gasteiger partial charge on any atom is 0.573 e. The average molecular weight is 532 g/mol. The van der Waals surface area contributed by atoms with Gasteiger partial charge >= 0.3 is 6.36 Å². The highest BCUT2D eigenvalue weighted by molar-refractivity contribution is 5.91. The van der Waals surface area contributed by atoms with Gasteiger partial charge in [0.1, 0.15) is 17.1 Å². The number of benzene rings is 2. The number of ether oxygens (including phenoxy) is 2. The number of hydrogen-bond donors (Lipinski definition) is 3. The Hall–Kier alpha value is -3.57. The molecule has 0 radical (unpaired) electrons. The van der Waals surface area contributed by atoms with E-state index in [1.807, 2.05) is 30.3 Å². The van der Waals surface area contributed by atoms with Gasteiger partial charge in [0.05, 0.1) is 18.3 Å². The summed E-state index contributed by atoms with van der Waals surface area (Å²) in [6, 6.07) is 13.8. The van der Waals surface area contributed by atoms with Crippen LogP contribution in [-0.2, 0) is 6.42 Å². The summed E-state index contributed by atoms with van der Waals surface area (Å²) in [4.78, 5) is 12.7. The fraction of sp³-hybridized carbons (Fsp3) is 0.407. The molecule has 1 fully saturated rings. The van der Waals surface area contributed by atoms with E-state index in [0.717, 1.165) is 24.8 Å². The van der Waals surface area contributed by atoms with Crippen LogP contribution in [0, 0.1) is 0 Å². The lowest BCUT2D eigenvalue weighted by atomic mass is 9.73. The van der Waals surface area contributed by atoms with Gasteiger partial charge in [-0.25, -0.2) is 0 Å². The van der Waals surface area contributed by atoms with Gasteiger partial charge in [-0.2, -0.15) is 0 Å². The number of amides is 1. The zero-order valence-corrected chi connectivity index (χ0v) is 20.4. The standard InChI is InChI=1S/C27H28F3N3O5/c28-27(29,30)36-18-7-8-23-19(14-18)21(15-26(37-23)10-4-11-26)31-16-22(34)20(13-17-5-2-1-3-6-17)33-25(35)24-9-12-32-38-24/h1-3,5-9,12,14,20-22,31,34H,4,10-11,13,15-16H2,(H,33,35)/t20-,21-,22+/m0/s1. The Kier molecular flexibility index (Phi) is 7.31. The van der Waals surface area contributed by atoms with Crippen LogP contribution in [0.4, 0.5) is 13.2 Å². The summed E-state index contributed by atoms with van der Waals surface area (Å²) in [6.07, 6.45) is -0.903. The van der Waals surface area contributed by atoms with Crippen molar-refractivity contribution >= 4 is 5.91 Å². The first-order valence-corrected chi connectivity index (χ1v) is 12.5. The maximum absolute atomic E-state index is 12.8. The number of nitrogens with zero attached hydrogens (tertiary/aromatic N) is 1. The highest BCUT2D eigenvalue weighted by Gasteiger charge is 2.46. The minimum Gasteiger partial charge on any atom is -0.487 e. The lowest BCUT2D eigenvalue weighted by Crippen LogP contribution is -2.52. The summed E-state index contributed by atoms with van der Waals surface area (Å²) in [6.45, 7) is 0.0682. The summed E-state index contributed by atoms with van der Waals surface area (Å²) in [5.74, 6) is -0.332. The summed E-state index contributed by atoms with van der Waals surface area (Å²) in [7, 11) is 0. The molecule has 2 heterocycles. The van der Waals surface area contributed by atoms with Gasteiger partial charge in [-0.15, -0.1) is 13.2 Å². The predicted molar refractivity (Wildman–Crippen MR) is 130 cm³/mol. The van der Waals surface area contributed by atoms with Crippen molar-refractivity contribution in [1.82, 2.24) is 15.8 Å². The lowest BCUT2D eigenvalue weighted by Gasteiger charge is -2.48. The van der Waals surface area contributed by atoms with Crippen molar-refractivity contribution in [3.8, 4) is 11.5 Å². The number of carbonyl (C=O) groups is 1. The van der Waals surface area contributed by atoms with E-state index < -0.39 is 24.4 Å². The Balaban J connectivity index is 1.33. The van der Waals surface area contributed by atoms with Gasteiger partial charge in [0, 0.05) is 30.6 Å². The molecule has 3 aromatic rings. The van der Waals surface area contributed by atoms with Crippen molar-refractivity contribution in [2.24, 2.45) is 0 Å². The summed E-state index contributed by atoms with van der Waals surface area (Å²) < 4.78 is 53.8. The van der Waals surface area contributed by atoms with Crippen molar-refractivity contribution in [3.63, 3.8) is 0 Å². The monoisotopic (exact) mass is 531 g/mol. The fourth-order valence-corrected chi connectivity index (χ4v) is 5.03. The molecule has 38 heavy (non-hydrogen) atoms. The largest absolute Gasteiger partial charge is 0.573 e. The van der Waals surface area contributed by atoms with Crippen LogP contribution in [0.1, 0.15) is 53.4 Å². The van der Waals surface area contributed by atoms with E-state index in [0.29, 0.717) is 24.2 Å². The first-order valence-electron chi connectivity index (χ1n) is 12.5. The Labute approximate surface area is 217 Å². The molecule has 0 bridgehead atoms. The molecule has 3 atom stereocenters. The number of fused-ring (bicyclic) bond motifs is 1. The van der Waals surface area contributed by atoms with Crippen molar-refractivity contribution in [2.45, 2.75) is 62.3 Å². The van der Waals surface area contributed by atoms with Gasteiger partial charge in [0.2, 0.25) is 5.76 Å². The minimum atomic E-state index is -4.82. The van der Waals surface area contributed by atoms with Crippen LogP contribution >= 0.6 is 0 Å². The van der Waals surface area contributed by atoms with Crippen LogP contribution in [0.2, 0.25) is 0 Å². The summed E-state index contributed by atoms with van der Waals surface area (Å²) in [5.41, 5.74) is 1.06. The van der Waals surface area contributed by atoms with Gasteiger partial charge in [0.25, 0.3) is 5.91 Å². The van der Waals surface area contributed by atoms with Crippen LogP contribution in [-0.4, -0.2) is 46.8 Å². The second-order valence-corrected chi connectivity index (χ2v) is 9.76. The third kappa shape index (κ3) is 6.11. The van der Waals surface area contributed by atoms with Gasteiger partial charge < -0.3 is 29.7 Å². The molecule has 11 heteroatoms. The van der Waals surface area contributed by atoms with E-state index in [-0.39, 0.29) is 29.7 Å². The third-order valence-corrected chi connectivity index (χ3v) is 7.07. The molecule has 3 N–H and O–H groups in total. The van der Waals surface area contributed by atoms with Crippen molar-refractivity contribution in [1.29, 1.82) is 0 Å². The molecule has 1 amide bonds. The van der Waals surface area contributed by atoms with Crippen LogP contribution in [0.5, 0.6) is 11.5 Å². The van der Waals surface area contributed by atoms with Crippen LogP contribution in [0.15, 0.2) is 65.3 Å². The molecule has 1 aliphatic heterocycles. The molecule has 0 unspecified atom stereocenters. The number of hydrogen-bond acceptors (Lipinski definition) is 7. The normalized spacial score (nSPS) is 19.5. The van der Waals surface area contributed by atoms with E-state index in [1.165, 1.54) is 30.5 Å². The van der Waals surface area contributed by atoms with Crippen LogP contribution in [0.3, 0.4) is 0 Å². The molecule has 0 saturated heterocycles. The molecule has 1 aromatic heterocycles. The number of halogens is 3. The van der Waals surface area contributed by atoms with Gasteiger partial charge in [0.15, 0.2) is 0 Å². The summed E-state index contributed by atoms with van der Waals surface area (Å²) >= 11 is 0. The number of aliphatic hydroxyl groups excluding tert-OH is 1. The Bertz CT molecular complexity index is 1230. The average Bonchev–Trinajstić information content (AvgIpc) is 3.41. The SMILES string of the molecule is O=C(N[C@@H](Cc1ccccc1)[C@H](O)CN[C@H]1CC2(CCC2)Oc2ccc(OC(F)(F)F)cc21)c1ccno1. The quantitative estimate of drug-likeness (QED) is 0.378. The van der Waals surface area contributed by atoms with Gasteiger partial charge in [-0.05, 0) is 49.4 Å². The van der Waals surface area contributed by atoms with E-state index in [2.05, 4.69) is 20.5 Å². The highest BCUT2D eigenvalue weighted by atomic mass is 19.4. The third-order valence-electron chi connectivity index (χ3n) is 7.07. The Morgan fingerprint density at radius 2 is 1.97 bits per heavy atom.